The molecule has 31 heavy (non-hydrogen) atoms. The van der Waals surface area contributed by atoms with Crippen molar-refractivity contribution in [2.45, 2.75) is 13.0 Å². The highest BCUT2D eigenvalue weighted by atomic mass is 16.5. The first-order valence-corrected chi connectivity index (χ1v) is 11.2. The number of fused-ring (bicyclic) bond motifs is 1. The maximum absolute atomic E-state index is 12.7. The van der Waals surface area contributed by atoms with Gasteiger partial charge in [-0.1, -0.05) is 42.5 Å². The van der Waals surface area contributed by atoms with Crippen molar-refractivity contribution in [2.24, 2.45) is 0 Å². The van der Waals surface area contributed by atoms with Gasteiger partial charge in [0, 0.05) is 45.3 Å². The first-order chi connectivity index (χ1) is 15.1. The minimum atomic E-state index is 0.0856. The van der Waals surface area contributed by atoms with Crippen LogP contribution in [0.5, 0.6) is 0 Å². The van der Waals surface area contributed by atoms with Crippen molar-refractivity contribution >= 4 is 22.6 Å². The Labute approximate surface area is 183 Å². The van der Waals surface area contributed by atoms with E-state index in [2.05, 4.69) is 47.5 Å². The van der Waals surface area contributed by atoms with Gasteiger partial charge in [-0.15, -0.1) is 0 Å². The van der Waals surface area contributed by atoms with E-state index in [-0.39, 0.29) is 17.9 Å². The summed E-state index contributed by atoms with van der Waals surface area (Å²) >= 11 is 0. The number of ether oxygens (including phenoxy) is 1. The van der Waals surface area contributed by atoms with Gasteiger partial charge in [0.15, 0.2) is 0 Å². The molecule has 2 aliphatic heterocycles. The number of morpholine rings is 1. The van der Waals surface area contributed by atoms with Crippen LogP contribution >= 0.6 is 0 Å². The largest absolute Gasteiger partial charge is 0.378 e. The van der Waals surface area contributed by atoms with Gasteiger partial charge in [0.05, 0.1) is 26.3 Å². The number of hydrogen-bond acceptors (Lipinski definition) is 5. The highest BCUT2D eigenvalue weighted by molar-refractivity contribution is 5.86. The van der Waals surface area contributed by atoms with Crippen molar-refractivity contribution < 1.29 is 14.3 Å². The lowest BCUT2D eigenvalue weighted by Crippen LogP contribution is -2.53. The summed E-state index contributed by atoms with van der Waals surface area (Å²) in [5, 5.41) is 5.83. The summed E-state index contributed by atoms with van der Waals surface area (Å²) in [5.41, 5.74) is 1.21. The van der Waals surface area contributed by atoms with Crippen LogP contribution in [0.3, 0.4) is 0 Å². The molecule has 2 heterocycles. The molecule has 0 aromatic heterocycles. The van der Waals surface area contributed by atoms with E-state index in [1.54, 1.807) is 0 Å². The number of hydrogen-bond donors (Lipinski definition) is 1. The van der Waals surface area contributed by atoms with Crippen molar-refractivity contribution in [1.82, 2.24) is 20.0 Å². The van der Waals surface area contributed by atoms with Crippen LogP contribution in [0, 0.1) is 0 Å². The Kier molecular flexibility index (Phi) is 7.17. The Morgan fingerprint density at radius 1 is 0.903 bits per heavy atom. The van der Waals surface area contributed by atoms with Gasteiger partial charge in [0.2, 0.25) is 11.8 Å². The number of rotatable bonds is 6. The maximum Gasteiger partial charge on any atom is 0.236 e. The lowest BCUT2D eigenvalue weighted by atomic mass is 10.00. The van der Waals surface area contributed by atoms with Gasteiger partial charge in [-0.2, -0.15) is 0 Å². The molecular formula is C24H32N4O3. The van der Waals surface area contributed by atoms with Gasteiger partial charge in [-0.25, -0.2) is 0 Å². The zero-order valence-electron chi connectivity index (χ0n) is 18.3. The fourth-order valence-corrected chi connectivity index (χ4v) is 4.35. The molecule has 2 amide bonds. The third-order valence-corrected chi connectivity index (χ3v) is 6.30. The second-order valence-electron chi connectivity index (χ2n) is 8.32. The predicted octanol–water partition coefficient (Wildman–Crippen LogP) is 1.49. The molecule has 7 nitrogen and oxygen atoms in total. The third kappa shape index (κ3) is 5.42. The number of carbonyl (C=O) groups is 2. The monoisotopic (exact) mass is 424 g/mol. The molecule has 1 atom stereocenters. The molecule has 0 spiro atoms. The van der Waals surface area contributed by atoms with E-state index in [0.717, 1.165) is 13.1 Å². The summed E-state index contributed by atoms with van der Waals surface area (Å²) in [6, 6.07) is 14.7. The molecule has 2 aromatic rings. The van der Waals surface area contributed by atoms with E-state index >= 15 is 0 Å². The van der Waals surface area contributed by atoms with Crippen LogP contribution in [-0.2, 0) is 14.3 Å². The Hall–Kier alpha value is -2.48. The van der Waals surface area contributed by atoms with Gasteiger partial charge in [-0.05, 0) is 23.3 Å². The van der Waals surface area contributed by atoms with Crippen molar-refractivity contribution in [3.8, 4) is 0 Å². The summed E-state index contributed by atoms with van der Waals surface area (Å²) in [6.45, 7) is 8.26. The smallest absolute Gasteiger partial charge is 0.236 e. The summed E-state index contributed by atoms with van der Waals surface area (Å²) < 4.78 is 5.31. The molecule has 2 saturated heterocycles. The fraction of sp³-hybridized carbons (Fsp3) is 0.500. The lowest BCUT2D eigenvalue weighted by Gasteiger charge is -2.36. The SMILES string of the molecule is C[C@@H](NCC(=O)N1CCN(CC(=O)N2CCOCC2)CC1)c1cccc2ccccc12. The van der Waals surface area contributed by atoms with E-state index in [1.807, 2.05) is 21.9 Å². The Balaban J connectivity index is 1.23. The van der Waals surface area contributed by atoms with Gasteiger partial charge >= 0.3 is 0 Å². The molecule has 166 valence electrons. The highest BCUT2D eigenvalue weighted by Gasteiger charge is 2.25. The van der Waals surface area contributed by atoms with E-state index < -0.39 is 0 Å². The second-order valence-corrected chi connectivity index (χ2v) is 8.32. The van der Waals surface area contributed by atoms with Gasteiger partial charge in [-0.3, -0.25) is 14.5 Å². The van der Waals surface area contributed by atoms with Crippen LogP contribution in [0.1, 0.15) is 18.5 Å². The third-order valence-electron chi connectivity index (χ3n) is 6.30. The van der Waals surface area contributed by atoms with Crippen molar-refractivity contribution in [3.63, 3.8) is 0 Å². The Morgan fingerprint density at radius 2 is 1.58 bits per heavy atom. The summed E-state index contributed by atoms with van der Waals surface area (Å²) in [6.07, 6.45) is 0. The highest BCUT2D eigenvalue weighted by Crippen LogP contribution is 2.23. The standard InChI is InChI=1S/C24H32N4O3/c1-19(21-8-4-6-20-5-2-3-7-22(20)21)25-17-23(29)27-11-9-26(10-12-27)18-24(30)28-13-15-31-16-14-28/h2-8,19,25H,9-18H2,1H3/t19-/m1/s1. The van der Waals surface area contributed by atoms with Crippen LogP contribution in [-0.4, -0.2) is 92.1 Å². The molecule has 0 unspecified atom stereocenters. The molecule has 0 bridgehead atoms. The topological polar surface area (TPSA) is 65.1 Å². The van der Waals surface area contributed by atoms with Crippen LogP contribution < -0.4 is 5.32 Å². The minimum Gasteiger partial charge on any atom is -0.378 e. The van der Waals surface area contributed by atoms with E-state index in [9.17, 15) is 9.59 Å². The van der Waals surface area contributed by atoms with Crippen molar-refractivity contribution in [1.29, 1.82) is 0 Å². The van der Waals surface area contributed by atoms with Crippen molar-refractivity contribution in [2.75, 3.05) is 65.6 Å². The average molecular weight is 425 g/mol. The maximum atomic E-state index is 12.7. The summed E-state index contributed by atoms with van der Waals surface area (Å²) in [4.78, 5) is 31.1. The quantitative estimate of drug-likeness (QED) is 0.761. The number of benzene rings is 2. The lowest BCUT2D eigenvalue weighted by molar-refractivity contribution is -0.137. The summed E-state index contributed by atoms with van der Waals surface area (Å²) in [7, 11) is 0. The van der Waals surface area contributed by atoms with E-state index in [1.165, 1.54) is 16.3 Å². The van der Waals surface area contributed by atoms with E-state index in [0.29, 0.717) is 52.5 Å². The summed E-state index contributed by atoms with van der Waals surface area (Å²) in [5.74, 6) is 0.278. The Bertz CT molecular complexity index is 899. The van der Waals surface area contributed by atoms with Gasteiger partial charge < -0.3 is 19.9 Å². The zero-order chi connectivity index (χ0) is 21.6. The molecule has 4 rings (SSSR count). The van der Waals surface area contributed by atoms with E-state index in [4.69, 9.17) is 4.74 Å². The molecular weight excluding hydrogens is 392 g/mol. The Morgan fingerprint density at radius 3 is 2.35 bits per heavy atom. The molecule has 0 saturated carbocycles. The average Bonchev–Trinajstić information content (AvgIpc) is 2.83. The molecule has 2 aromatic carbocycles. The zero-order valence-corrected chi connectivity index (χ0v) is 18.3. The first kappa shape index (κ1) is 21.7. The normalized spacial score (nSPS) is 18.9. The van der Waals surface area contributed by atoms with Gasteiger partial charge in [0.25, 0.3) is 0 Å². The molecule has 0 radical (unpaired) electrons. The van der Waals surface area contributed by atoms with Crippen LogP contribution in [0.4, 0.5) is 0 Å². The number of carbonyl (C=O) groups excluding carboxylic acids is 2. The molecule has 1 N–H and O–H groups in total. The molecule has 2 fully saturated rings. The van der Waals surface area contributed by atoms with Gasteiger partial charge in [0.1, 0.15) is 0 Å². The number of piperazine rings is 1. The van der Waals surface area contributed by atoms with Crippen LogP contribution in [0.15, 0.2) is 42.5 Å². The van der Waals surface area contributed by atoms with Crippen LogP contribution in [0.25, 0.3) is 10.8 Å². The molecule has 2 aliphatic rings. The predicted molar refractivity (Wildman–Crippen MR) is 121 cm³/mol. The minimum absolute atomic E-state index is 0.0856. The number of amides is 2. The second kappa shape index (κ2) is 10.2. The molecule has 0 aliphatic carbocycles. The number of nitrogens with one attached hydrogen (secondary N) is 1. The van der Waals surface area contributed by atoms with Crippen LogP contribution in [0.2, 0.25) is 0 Å². The fourth-order valence-electron chi connectivity index (χ4n) is 4.35. The molecule has 7 heteroatoms. The van der Waals surface area contributed by atoms with Crippen molar-refractivity contribution in [3.05, 3.63) is 48.0 Å². The number of nitrogens with zero attached hydrogens (tertiary/aromatic N) is 3. The first-order valence-electron chi connectivity index (χ1n) is 11.2.